The first-order valence-corrected chi connectivity index (χ1v) is 5.02. The molecule has 0 spiro atoms. The van der Waals surface area contributed by atoms with Crippen LogP contribution in [0.1, 0.15) is 23.6 Å². The van der Waals surface area contributed by atoms with Crippen LogP contribution in [0.25, 0.3) is 0 Å². The largest absolute Gasteiger partial charge is 0.860 e. The predicted octanol–water partition coefficient (Wildman–Crippen LogP) is 1.58. The monoisotopic (exact) mass is 206 g/mol. The third-order valence-electron chi connectivity index (χ3n) is 2.49. The fourth-order valence-electron chi connectivity index (χ4n) is 1.46. The van der Waals surface area contributed by atoms with Gasteiger partial charge in [-0.15, -0.1) is 0 Å². The Balaban J connectivity index is 3.01. The summed E-state index contributed by atoms with van der Waals surface area (Å²) in [5, 5.41) is 17.4. The van der Waals surface area contributed by atoms with E-state index in [1.807, 2.05) is 32.9 Å². The summed E-state index contributed by atoms with van der Waals surface area (Å²) in [7, 11) is 0. The van der Waals surface area contributed by atoms with Crippen LogP contribution in [-0.2, 0) is 6.42 Å². The molecule has 1 aromatic rings. The number of rotatable bonds is 4. The van der Waals surface area contributed by atoms with Crippen LogP contribution in [0.2, 0.25) is 0 Å². The van der Waals surface area contributed by atoms with Crippen LogP contribution < -0.4 is 9.84 Å². The summed E-state index contributed by atoms with van der Waals surface area (Å²) in [4.78, 5) is 0. The van der Waals surface area contributed by atoms with Crippen LogP contribution in [0.4, 0.5) is 0 Å². The molecule has 1 N–H and O–H groups in total. The van der Waals surface area contributed by atoms with E-state index in [4.69, 9.17) is 10.1 Å². The van der Waals surface area contributed by atoms with Gasteiger partial charge < -0.3 is 15.3 Å². The molecule has 0 saturated carbocycles. The van der Waals surface area contributed by atoms with Crippen LogP contribution in [0, 0.1) is 19.3 Å². The van der Waals surface area contributed by atoms with Gasteiger partial charge in [-0.2, -0.15) is 0 Å². The zero-order chi connectivity index (χ0) is 11.4. The molecule has 0 aliphatic rings. The lowest BCUT2D eigenvalue weighted by molar-refractivity contribution is -0.222. The number of benzene rings is 1. The van der Waals surface area contributed by atoms with Crippen LogP contribution >= 0.6 is 0 Å². The molecular formula is C12H16NO2-. The summed E-state index contributed by atoms with van der Waals surface area (Å²) in [6, 6.07) is 4.05. The van der Waals surface area contributed by atoms with Gasteiger partial charge in [0, 0.05) is 0 Å². The van der Waals surface area contributed by atoms with Gasteiger partial charge in [-0.25, -0.2) is 0 Å². The lowest BCUT2D eigenvalue weighted by atomic mass is 10.0. The van der Waals surface area contributed by atoms with Crippen LogP contribution in [0.5, 0.6) is 5.75 Å². The molecule has 0 bridgehead atoms. The van der Waals surface area contributed by atoms with E-state index < -0.39 is 5.90 Å². The highest BCUT2D eigenvalue weighted by Crippen LogP contribution is 2.26. The molecule has 3 heteroatoms. The molecule has 82 valence electrons. The second kappa shape index (κ2) is 4.82. The quantitative estimate of drug-likeness (QED) is 0.600. The average Bonchev–Trinajstić information content (AvgIpc) is 2.20. The fraction of sp³-hybridized carbons (Fsp3) is 0.417. The van der Waals surface area contributed by atoms with Gasteiger partial charge in [-0.05, 0) is 42.9 Å². The molecule has 15 heavy (non-hydrogen) atoms. The summed E-state index contributed by atoms with van der Waals surface area (Å²) in [6.45, 7) is 5.85. The standard InChI is InChI=1S/C12H17NO2/c1-4-10-6-5-8(2)9(3)12(10)15-7-11(13)14/h5-6H,4,7H2,1-3H3,(H2,13,14)/p-1. The molecule has 0 heterocycles. The number of aryl methyl sites for hydroxylation is 2. The van der Waals surface area contributed by atoms with Crippen LogP contribution in [0.3, 0.4) is 0 Å². The van der Waals surface area contributed by atoms with Crippen molar-refractivity contribution in [3.63, 3.8) is 0 Å². The maximum atomic E-state index is 10.6. The number of hydrogen-bond donors (Lipinski definition) is 1. The first-order chi connectivity index (χ1) is 7.06. The minimum atomic E-state index is -0.696. The molecule has 0 fully saturated rings. The SMILES string of the molecule is CCc1ccc(C)c(C)c1OCC(=N)[O-]. The van der Waals surface area contributed by atoms with E-state index >= 15 is 0 Å². The van der Waals surface area contributed by atoms with E-state index in [1.165, 1.54) is 0 Å². The van der Waals surface area contributed by atoms with E-state index in [9.17, 15) is 5.11 Å². The molecular weight excluding hydrogens is 190 g/mol. The molecule has 0 aliphatic heterocycles. The molecule has 0 unspecified atom stereocenters. The van der Waals surface area contributed by atoms with Gasteiger partial charge in [0.2, 0.25) is 0 Å². The van der Waals surface area contributed by atoms with E-state index in [0.717, 1.165) is 28.9 Å². The van der Waals surface area contributed by atoms with Crippen molar-refractivity contribution >= 4 is 5.90 Å². The van der Waals surface area contributed by atoms with Crippen LogP contribution in [0.15, 0.2) is 12.1 Å². The molecule has 1 aromatic carbocycles. The molecule has 0 aliphatic carbocycles. The van der Waals surface area contributed by atoms with Crippen molar-refractivity contribution in [1.29, 1.82) is 5.41 Å². The predicted molar refractivity (Wildman–Crippen MR) is 58.5 cm³/mol. The number of hydrogen-bond acceptors (Lipinski definition) is 3. The Morgan fingerprint density at radius 1 is 1.40 bits per heavy atom. The summed E-state index contributed by atoms with van der Waals surface area (Å²) < 4.78 is 5.36. The zero-order valence-corrected chi connectivity index (χ0v) is 9.39. The Morgan fingerprint density at radius 3 is 2.60 bits per heavy atom. The fourth-order valence-corrected chi connectivity index (χ4v) is 1.46. The van der Waals surface area contributed by atoms with Gasteiger partial charge in [0.05, 0.1) is 0 Å². The van der Waals surface area contributed by atoms with E-state index in [-0.39, 0.29) is 6.61 Å². The second-order valence-corrected chi connectivity index (χ2v) is 3.56. The minimum Gasteiger partial charge on any atom is -0.860 e. The van der Waals surface area contributed by atoms with Gasteiger partial charge in [0.25, 0.3) is 0 Å². The van der Waals surface area contributed by atoms with Crippen molar-refractivity contribution in [2.24, 2.45) is 0 Å². The topological polar surface area (TPSA) is 56.1 Å². The highest BCUT2D eigenvalue weighted by Gasteiger charge is 2.07. The molecule has 0 aromatic heterocycles. The molecule has 0 radical (unpaired) electrons. The first-order valence-electron chi connectivity index (χ1n) is 5.02. The van der Waals surface area contributed by atoms with Crippen molar-refractivity contribution < 1.29 is 9.84 Å². The van der Waals surface area contributed by atoms with Crippen molar-refractivity contribution in [1.82, 2.24) is 0 Å². The second-order valence-electron chi connectivity index (χ2n) is 3.56. The summed E-state index contributed by atoms with van der Waals surface area (Å²) >= 11 is 0. The minimum absolute atomic E-state index is 0.169. The summed E-state index contributed by atoms with van der Waals surface area (Å²) in [5.41, 5.74) is 3.27. The molecule has 1 rings (SSSR count). The Kier molecular flexibility index (Phi) is 3.72. The van der Waals surface area contributed by atoms with Crippen molar-refractivity contribution in [2.75, 3.05) is 6.61 Å². The van der Waals surface area contributed by atoms with Gasteiger partial charge in [0.1, 0.15) is 12.4 Å². The lowest BCUT2D eigenvalue weighted by Crippen LogP contribution is -2.24. The van der Waals surface area contributed by atoms with E-state index in [0.29, 0.717) is 0 Å². The Bertz CT molecular complexity index is 372. The zero-order valence-electron chi connectivity index (χ0n) is 9.39. The third kappa shape index (κ3) is 2.72. The summed E-state index contributed by atoms with van der Waals surface area (Å²) in [5.74, 6) is 0.0658. The summed E-state index contributed by atoms with van der Waals surface area (Å²) in [6.07, 6.45) is 0.864. The Morgan fingerprint density at radius 2 is 2.07 bits per heavy atom. The third-order valence-corrected chi connectivity index (χ3v) is 2.49. The first kappa shape index (κ1) is 11.6. The van der Waals surface area contributed by atoms with E-state index in [1.54, 1.807) is 0 Å². The molecule has 0 amide bonds. The van der Waals surface area contributed by atoms with Gasteiger partial charge in [-0.3, -0.25) is 0 Å². The molecule has 3 nitrogen and oxygen atoms in total. The number of nitrogens with one attached hydrogen (secondary N) is 1. The molecule has 0 atom stereocenters. The maximum Gasteiger partial charge on any atom is 0.126 e. The van der Waals surface area contributed by atoms with Gasteiger partial charge >= 0.3 is 0 Å². The Labute approximate surface area is 90.2 Å². The van der Waals surface area contributed by atoms with Crippen molar-refractivity contribution in [2.45, 2.75) is 27.2 Å². The highest BCUT2D eigenvalue weighted by atomic mass is 16.5. The van der Waals surface area contributed by atoms with E-state index in [2.05, 4.69) is 0 Å². The maximum absolute atomic E-state index is 10.6. The highest BCUT2D eigenvalue weighted by molar-refractivity contribution is 5.69. The average molecular weight is 206 g/mol. The normalized spacial score (nSPS) is 10.1. The number of ether oxygens (including phenoxy) is 1. The lowest BCUT2D eigenvalue weighted by Gasteiger charge is -2.16. The smallest absolute Gasteiger partial charge is 0.126 e. The van der Waals surface area contributed by atoms with Crippen molar-refractivity contribution in [3.05, 3.63) is 28.8 Å². The van der Waals surface area contributed by atoms with Gasteiger partial charge in [0.15, 0.2) is 0 Å². The van der Waals surface area contributed by atoms with Crippen molar-refractivity contribution in [3.8, 4) is 5.75 Å². The Hall–Kier alpha value is -1.51. The molecule has 0 saturated heterocycles. The van der Waals surface area contributed by atoms with Gasteiger partial charge in [-0.1, -0.05) is 19.1 Å². The van der Waals surface area contributed by atoms with Crippen LogP contribution in [-0.4, -0.2) is 12.5 Å².